The molecule has 6 nitrogen and oxygen atoms in total. The van der Waals surface area contributed by atoms with E-state index in [-0.39, 0.29) is 6.10 Å². The molecule has 0 radical (unpaired) electrons. The third kappa shape index (κ3) is 2.22. The lowest BCUT2D eigenvalue weighted by molar-refractivity contribution is 0.00973. The second-order valence-electron chi connectivity index (χ2n) is 5.15. The molecule has 106 valence electrons. The highest BCUT2D eigenvalue weighted by Crippen LogP contribution is 2.33. The molecule has 1 aliphatic rings. The molecule has 1 aromatic carbocycles. The Morgan fingerprint density at radius 2 is 2.15 bits per heavy atom. The fourth-order valence-corrected chi connectivity index (χ4v) is 1.95. The summed E-state index contributed by atoms with van der Waals surface area (Å²) >= 11 is 0. The maximum absolute atomic E-state index is 5.88. The van der Waals surface area contributed by atoms with E-state index in [4.69, 9.17) is 14.0 Å². The molecule has 1 aromatic heterocycles. The van der Waals surface area contributed by atoms with Crippen LogP contribution in [0.3, 0.4) is 0 Å². The van der Waals surface area contributed by atoms with Crippen LogP contribution in [0.2, 0.25) is 0 Å². The van der Waals surface area contributed by atoms with Crippen LogP contribution in [0.15, 0.2) is 28.8 Å². The second kappa shape index (κ2) is 4.79. The minimum atomic E-state index is -0.582. The van der Waals surface area contributed by atoms with Crippen LogP contribution in [0, 0.1) is 0 Å². The van der Waals surface area contributed by atoms with Crippen molar-refractivity contribution in [1.29, 1.82) is 0 Å². The molecule has 20 heavy (non-hydrogen) atoms. The fraction of sp³-hybridized carbons (Fsp3) is 0.429. The Hall–Kier alpha value is -2.08. The number of fused-ring (bicyclic) bond motifs is 1. The Kier molecular flexibility index (Phi) is 3.10. The number of hydrogen-bond acceptors (Lipinski definition) is 6. The van der Waals surface area contributed by atoms with E-state index < -0.39 is 5.60 Å². The van der Waals surface area contributed by atoms with Crippen LogP contribution in [-0.4, -0.2) is 23.8 Å². The summed E-state index contributed by atoms with van der Waals surface area (Å²) in [5.41, 5.74) is 0.391. The van der Waals surface area contributed by atoms with Crippen LogP contribution in [0.5, 0.6) is 5.75 Å². The summed E-state index contributed by atoms with van der Waals surface area (Å²) in [7, 11) is 1.62. The average molecular weight is 275 g/mol. The molecule has 0 aliphatic carbocycles. The number of nitrogens with zero attached hydrogens (tertiary/aromatic N) is 2. The van der Waals surface area contributed by atoms with Gasteiger partial charge in [-0.2, -0.15) is 4.98 Å². The molecule has 1 N–H and O–H groups in total. The van der Waals surface area contributed by atoms with Crippen molar-refractivity contribution in [3.05, 3.63) is 36.0 Å². The second-order valence-corrected chi connectivity index (χ2v) is 5.15. The van der Waals surface area contributed by atoms with Crippen LogP contribution < -0.4 is 10.1 Å². The van der Waals surface area contributed by atoms with Gasteiger partial charge in [-0.15, -0.1) is 0 Å². The first-order valence-electron chi connectivity index (χ1n) is 6.49. The molecule has 0 saturated carbocycles. The van der Waals surface area contributed by atoms with Crippen molar-refractivity contribution in [1.82, 2.24) is 10.1 Å². The molecular formula is C14H17N3O3. The van der Waals surface area contributed by atoms with Crippen LogP contribution in [0.4, 0.5) is 5.69 Å². The first-order valence-corrected chi connectivity index (χ1v) is 6.49. The normalized spacial score (nSPS) is 18.1. The topological polar surface area (TPSA) is 69.4 Å². The molecule has 1 atom stereocenters. The molecule has 0 saturated heterocycles. The van der Waals surface area contributed by atoms with Gasteiger partial charge < -0.3 is 19.3 Å². The lowest BCUT2D eigenvalue weighted by atomic mass is 10.1. The number of anilines is 1. The van der Waals surface area contributed by atoms with E-state index in [1.165, 1.54) is 0 Å². The first-order chi connectivity index (χ1) is 9.60. The minimum absolute atomic E-state index is 0.293. The molecule has 1 unspecified atom stereocenters. The number of ether oxygens (including phenoxy) is 2. The highest BCUT2D eigenvalue weighted by molar-refractivity contribution is 5.57. The largest absolute Gasteiger partial charge is 0.477 e. The van der Waals surface area contributed by atoms with Gasteiger partial charge in [0, 0.05) is 7.11 Å². The molecule has 0 fully saturated rings. The van der Waals surface area contributed by atoms with E-state index >= 15 is 0 Å². The number of methoxy groups -OCH3 is 1. The predicted molar refractivity (Wildman–Crippen MR) is 72.6 cm³/mol. The summed E-state index contributed by atoms with van der Waals surface area (Å²) in [6.45, 7) is 4.36. The van der Waals surface area contributed by atoms with Crippen molar-refractivity contribution in [2.75, 3.05) is 19.0 Å². The van der Waals surface area contributed by atoms with Gasteiger partial charge in [0.2, 0.25) is 5.82 Å². The standard InChI is InChI=1S/C14H17N3O3/c1-14(2,18-3)13-16-12(20-17-13)11-8-15-9-6-4-5-7-10(9)19-11/h4-7,11,15H,8H2,1-3H3. The zero-order valence-electron chi connectivity index (χ0n) is 11.7. The van der Waals surface area contributed by atoms with Gasteiger partial charge in [0.25, 0.3) is 5.89 Å². The van der Waals surface area contributed by atoms with Crippen molar-refractivity contribution >= 4 is 5.69 Å². The van der Waals surface area contributed by atoms with Crippen molar-refractivity contribution in [2.45, 2.75) is 25.6 Å². The molecule has 6 heteroatoms. The highest BCUT2D eigenvalue weighted by atomic mass is 16.5. The Morgan fingerprint density at radius 3 is 2.95 bits per heavy atom. The Balaban J connectivity index is 1.82. The number of benzene rings is 1. The molecule has 3 rings (SSSR count). The van der Waals surface area contributed by atoms with E-state index in [1.807, 2.05) is 38.1 Å². The number of nitrogens with one attached hydrogen (secondary N) is 1. The SMILES string of the molecule is COC(C)(C)c1noc(C2CNc3ccccc3O2)n1. The fourth-order valence-electron chi connectivity index (χ4n) is 1.95. The summed E-state index contributed by atoms with van der Waals surface area (Å²) in [6.07, 6.45) is -0.293. The summed E-state index contributed by atoms with van der Waals surface area (Å²) in [5, 5.41) is 7.26. The maximum atomic E-state index is 5.88. The maximum Gasteiger partial charge on any atom is 0.269 e. The van der Waals surface area contributed by atoms with E-state index in [2.05, 4.69) is 15.5 Å². The quantitative estimate of drug-likeness (QED) is 0.928. The zero-order valence-corrected chi connectivity index (χ0v) is 11.7. The van der Waals surface area contributed by atoms with E-state index in [9.17, 15) is 0 Å². The number of aromatic nitrogens is 2. The minimum Gasteiger partial charge on any atom is -0.477 e. The van der Waals surface area contributed by atoms with Crippen LogP contribution in [0.25, 0.3) is 0 Å². The van der Waals surface area contributed by atoms with Gasteiger partial charge in [-0.05, 0) is 26.0 Å². The smallest absolute Gasteiger partial charge is 0.269 e. The Labute approximate surface area is 117 Å². The molecule has 0 amide bonds. The summed E-state index contributed by atoms with van der Waals surface area (Å²) in [6, 6.07) is 7.77. The first kappa shape index (κ1) is 12.9. The van der Waals surface area contributed by atoms with Crippen molar-refractivity contribution < 1.29 is 14.0 Å². The Morgan fingerprint density at radius 1 is 1.35 bits per heavy atom. The lowest BCUT2D eigenvalue weighted by Gasteiger charge is -2.24. The Bertz CT molecular complexity index is 609. The van der Waals surface area contributed by atoms with Gasteiger partial charge in [0.15, 0.2) is 6.10 Å². The zero-order chi connectivity index (χ0) is 14.2. The monoisotopic (exact) mass is 275 g/mol. The number of rotatable bonds is 3. The van der Waals surface area contributed by atoms with Crippen molar-refractivity contribution in [2.24, 2.45) is 0 Å². The highest BCUT2D eigenvalue weighted by Gasteiger charge is 2.31. The third-order valence-electron chi connectivity index (χ3n) is 3.40. The van der Waals surface area contributed by atoms with Gasteiger partial charge >= 0.3 is 0 Å². The molecule has 1 aliphatic heterocycles. The van der Waals surface area contributed by atoms with E-state index in [1.54, 1.807) is 7.11 Å². The molecular weight excluding hydrogens is 258 g/mol. The molecule has 2 aromatic rings. The number of para-hydroxylation sites is 2. The van der Waals surface area contributed by atoms with Crippen LogP contribution in [-0.2, 0) is 10.3 Å². The van der Waals surface area contributed by atoms with Gasteiger partial charge in [-0.25, -0.2) is 0 Å². The summed E-state index contributed by atoms with van der Waals surface area (Å²) in [5.74, 6) is 1.75. The molecule has 2 heterocycles. The predicted octanol–water partition coefficient (Wildman–Crippen LogP) is 2.50. The third-order valence-corrected chi connectivity index (χ3v) is 3.40. The van der Waals surface area contributed by atoms with Gasteiger partial charge in [0.1, 0.15) is 11.4 Å². The molecule has 0 bridgehead atoms. The lowest BCUT2D eigenvalue weighted by Crippen LogP contribution is -2.25. The van der Waals surface area contributed by atoms with E-state index in [0.29, 0.717) is 18.3 Å². The average Bonchev–Trinajstić information content (AvgIpc) is 2.97. The van der Waals surface area contributed by atoms with Crippen molar-refractivity contribution in [3.8, 4) is 5.75 Å². The molecule has 0 spiro atoms. The van der Waals surface area contributed by atoms with Crippen molar-refractivity contribution in [3.63, 3.8) is 0 Å². The summed E-state index contributed by atoms with van der Waals surface area (Å²) in [4.78, 5) is 4.38. The van der Waals surface area contributed by atoms with E-state index in [0.717, 1.165) is 11.4 Å². The van der Waals surface area contributed by atoms with Crippen LogP contribution >= 0.6 is 0 Å². The number of hydrogen-bond donors (Lipinski definition) is 1. The van der Waals surface area contributed by atoms with Gasteiger partial charge in [0.05, 0.1) is 12.2 Å². The van der Waals surface area contributed by atoms with Crippen LogP contribution in [0.1, 0.15) is 31.7 Å². The van der Waals surface area contributed by atoms with Gasteiger partial charge in [-0.3, -0.25) is 0 Å². The van der Waals surface area contributed by atoms with Gasteiger partial charge in [-0.1, -0.05) is 17.3 Å². The summed E-state index contributed by atoms with van der Waals surface area (Å²) < 4.78 is 16.5.